The van der Waals surface area contributed by atoms with Gasteiger partial charge in [0.2, 0.25) is 5.43 Å². The van der Waals surface area contributed by atoms with Gasteiger partial charge in [-0.15, -0.1) is 12.4 Å². The molecule has 4 nitrogen and oxygen atoms in total. The summed E-state index contributed by atoms with van der Waals surface area (Å²) in [6, 6.07) is 10.3. The molecule has 2 aromatic carbocycles. The van der Waals surface area contributed by atoms with Crippen molar-refractivity contribution in [3.8, 4) is 16.9 Å². The number of piperidine rings is 1. The van der Waals surface area contributed by atoms with Crippen LogP contribution in [0, 0.1) is 5.92 Å². The molecule has 0 amide bonds. The first kappa shape index (κ1) is 20.7. The van der Waals surface area contributed by atoms with Crippen LogP contribution in [0.1, 0.15) is 25.3 Å². The van der Waals surface area contributed by atoms with E-state index in [0.717, 1.165) is 37.4 Å². The van der Waals surface area contributed by atoms with E-state index in [4.69, 9.17) is 16.0 Å². The van der Waals surface area contributed by atoms with E-state index in [1.165, 1.54) is 6.26 Å². The fourth-order valence-corrected chi connectivity index (χ4v) is 3.80. The lowest BCUT2D eigenvalue weighted by atomic mass is 9.98. The molecule has 1 saturated heterocycles. The van der Waals surface area contributed by atoms with Crippen LogP contribution >= 0.6 is 24.0 Å². The second-order valence-electron chi connectivity index (χ2n) is 7.38. The van der Waals surface area contributed by atoms with Gasteiger partial charge in [0.05, 0.1) is 16.5 Å². The van der Waals surface area contributed by atoms with Gasteiger partial charge in [0.25, 0.3) is 0 Å². The highest BCUT2D eigenvalue weighted by atomic mass is 35.5. The molecule has 28 heavy (non-hydrogen) atoms. The van der Waals surface area contributed by atoms with Crippen LogP contribution in [0.4, 0.5) is 0 Å². The molecule has 2 heterocycles. The Morgan fingerprint density at radius 2 is 1.82 bits per heavy atom. The average molecular weight is 420 g/mol. The highest BCUT2D eigenvalue weighted by Gasteiger charge is 2.20. The van der Waals surface area contributed by atoms with Gasteiger partial charge in [-0.2, -0.15) is 0 Å². The molecular formula is C22H23Cl2NO3. The maximum atomic E-state index is 13.0. The van der Waals surface area contributed by atoms with Gasteiger partial charge < -0.3 is 9.52 Å². The molecule has 0 radical (unpaired) electrons. The molecule has 0 spiro atoms. The fourth-order valence-electron chi connectivity index (χ4n) is 3.67. The number of nitrogens with zero attached hydrogens (tertiary/aromatic N) is 1. The lowest BCUT2D eigenvalue weighted by molar-refractivity contribution is 0.184. The first-order chi connectivity index (χ1) is 13.0. The van der Waals surface area contributed by atoms with Crippen molar-refractivity contribution in [1.29, 1.82) is 0 Å². The average Bonchev–Trinajstić information content (AvgIpc) is 2.67. The molecule has 0 saturated carbocycles. The topological polar surface area (TPSA) is 53.7 Å². The molecule has 1 fully saturated rings. The van der Waals surface area contributed by atoms with Crippen LogP contribution in [0.3, 0.4) is 0 Å². The Balaban J connectivity index is 0.00000225. The first-order valence-corrected chi connectivity index (χ1v) is 9.65. The molecule has 6 heteroatoms. The number of rotatable bonds is 3. The lowest BCUT2D eigenvalue weighted by Gasteiger charge is -2.30. The van der Waals surface area contributed by atoms with E-state index in [-0.39, 0.29) is 23.6 Å². The molecule has 4 rings (SSSR count). The third-order valence-electron chi connectivity index (χ3n) is 5.43. The Kier molecular flexibility index (Phi) is 6.33. The Morgan fingerprint density at radius 3 is 2.50 bits per heavy atom. The van der Waals surface area contributed by atoms with Gasteiger partial charge in [0.1, 0.15) is 17.6 Å². The van der Waals surface area contributed by atoms with Crippen molar-refractivity contribution in [1.82, 2.24) is 4.90 Å². The number of benzene rings is 2. The minimum Gasteiger partial charge on any atom is -0.507 e. The van der Waals surface area contributed by atoms with E-state index < -0.39 is 0 Å². The minimum absolute atomic E-state index is 0. The molecule has 148 valence electrons. The maximum Gasteiger partial charge on any atom is 0.200 e. The molecule has 0 atom stereocenters. The number of fused-ring (bicyclic) bond motifs is 1. The Bertz CT molecular complexity index is 1020. The summed E-state index contributed by atoms with van der Waals surface area (Å²) in [5.74, 6) is 0.908. The summed E-state index contributed by atoms with van der Waals surface area (Å²) in [6.45, 7) is 4.83. The van der Waals surface area contributed by atoms with Crippen LogP contribution in [0.5, 0.6) is 5.75 Å². The van der Waals surface area contributed by atoms with Crippen molar-refractivity contribution in [3.63, 3.8) is 0 Å². The SMILES string of the molecule is CC1CCN(Cc2c(O)ccc3c(=O)c(-c4ccc(Cl)cc4)coc23)CC1.Cl. The highest BCUT2D eigenvalue weighted by molar-refractivity contribution is 6.30. The summed E-state index contributed by atoms with van der Waals surface area (Å²) in [5, 5.41) is 11.5. The van der Waals surface area contributed by atoms with E-state index in [1.54, 1.807) is 36.4 Å². The molecule has 1 N–H and O–H groups in total. The van der Waals surface area contributed by atoms with Gasteiger partial charge in [-0.1, -0.05) is 30.7 Å². The summed E-state index contributed by atoms with van der Waals surface area (Å²) >= 11 is 5.94. The van der Waals surface area contributed by atoms with E-state index >= 15 is 0 Å². The summed E-state index contributed by atoms with van der Waals surface area (Å²) in [7, 11) is 0. The van der Waals surface area contributed by atoms with Gasteiger partial charge in [-0.25, -0.2) is 0 Å². The molecule has 1 aromatic heterocycles. The van der Waals surface area contributed by atoms with Gasteiger partial charge in [0.15, 0.2) is 0 Å². The highest BCUT2D eigenvalue weighted by Crippen LogP contribution is 2.30. The van der Waals surface area contributed by atoms with Crippen molar-refractivity contribution >= 4 is 35.0 Å². The van der Waals surface area contributed by atoms with Crippen molar-refractivity contribution < 1.29 is 9.52 Å². The Morgan fingerprint density at radius 1 is 1.14 bits per heavy atom. The second kappa shape index (κ2) is 8.56. The summed E-state index contributed by atoms with van der Waals surface area (Å²) in [5.41, 5.74) is 2.29. The first-order valence-electron chi connectivity index (χ1n) is 9.27. The standard InChI is InChI=1S/C22H22ClNO3.ClH/c1-14-8-10-24(11-9-14)12-18-20(25)7-6-17-21(26)19(13-27-22(17)18)15-2-4-16(23)5-3-15;/h2-7,13-14,25H,8-12H2,1H3;1H. The third-order valence-corrected chi connectivity index (χ3v) is 5.68. The second-order valence-corrected chi connectivity index (χ2v) is 7.82. The van der Waals surface area contributed by atoms with Crippen LogP contribution in [-0.4, -0.2) is 23.1 Å². The summed E-state index contributed by atoms with van der Waals surface area (Å²) in [6.07, 6.45) is 3.78. The quantitative estimate of drug-likeness (QED) is 0.610. The van der Waals surface area contributed by atoms with E-state index in [9.17, 15) is 9.90 Å². The third kappa shape index (κ3) is 4.04. The number of hydrogen-bond donors (Lipinski definition) is 1. The molecular weight excluding hydrogens is 397 g/mol. The zero-order chi connectivity index (χ0) is 19.0. The van der Waals surface area contributed by atoms with Gasteiger partial charge >= 0.3 is 0 Å². The number of hydrogen-bond acceptors (Lipinski definition) is 4. The monoisotopic (exact) mass is 419 g/mol. The number of aromatic hydroxyl groups is 1. The number of phenols is 1. The van der Waals surface area contributed by atoms with Crippen LogP contribution in [0.15, 0.2) is 51.9 Å². The zero-order valence-corrected chi connectivity index (χ0v) is 17.2. The molecule has 1 aliphatic heterocycles. The fraction of sp³-hybridized carbons (Fsp3) is 0.318. The van der Waals surface area contributed by atoms with E-state index in [1.807, 2.05) is 0 Å². The molecule has 0 bridgehead atoms. The van der Waals surface area contributed by atoms with Gasteiger partial charge in [-0.05, 0) is 61.7 Å². The smallest absolute Gasteiger partial charge is 0.200 e. The minimum atomic E-state index is -0.105. The number of phenolic OH excluding ortho intramolecular Hbond substituents is 1. The van der Waals surface area contributed by atoms with Crippen molar-refractivity contribution in [3.05, 3.63) is 63.5 Å². The predicted octanol–water partition coefficient (Wildman–Crippen LogP) is 5.47. The Labute approximate surface area is 175 Å². The molecule has 0 aliphatic carbocycles. The van der Waals surface area contributed by atoms with Gasteiger partial charge in [-0.3, -0.25) is 9.69 Å². The molecule has 1 aliphatic rings. The van der Waals surface area contributed by atoms with Crippen LogP contribution in [0.25, 0.3) is 22.1 Å². The van der Waals surface area contributed by atoms with Crippen molar-refractivity contribution in [2.45, 2.75) is 26.3 Å². The summed E-state index contributed by atoms with van der Waals surface area (Å²) < 4.78 is 5.86. The number of halogens is 2. The van der Waals surface area contributed by atoms with E-state index in [0.29, 0.717) is 33.7 Å². The molecule has 3 aromatic rings. The predicted molar refractivity (Wildman–Crippen MR) is 116 cm³/mol. The lowest BCUT2D eigenvalue weighted by Crippen LogP contribution is -2.32. The van der Waals surface area contributed by atoms with Crippen LogP contribution < -0.4 is 5.43 Å². The Hall–Kier alpha value is -2.01. The zero-order valence-electron chi connectivity index (χ0n) is 15.7. The largest absolute Gasteiger partial charge is 0.507 e. The summed E-state index contributed by atoms with van der Waals surface area (Å²) in [4.78, 5) is 15.3. The van der Waals surface area contributed by atoms with Crippen LogP contribution in [0.2, 0.25) is 5.02 Å². The maximum absolute atomic E-state index is 13.0. The van der Waals surface area contributed by atoms with Crippen molar-refractivity contribution in [2.75, 3.05) is 13.1 Å². The van der Waals surface area contributed by atoms with E-state index in [2.05, 4.69) is 11.8 Å². The van der Waals surface area contributed by atoms with Crippen molar-refractivity contribution in [2.24, 2.45) is 5.92 Å². The number of likely N-dealkylation sites (tertiary alicyclic amines) is 1. The van der Waals surface area contributed by atoms with Gasteiger partial charge in [0, 0.05) is 11.6 Å². The molecule has 0 unspecified atom stereocenters. The normalized spacial score (nSPS) is 15.5. The van der Waals surface area contributed by atoms with Crippen LogP contribution in [-0.2, 0) is 6.54 Å².